The lowest BCUT2D eigenvalue weighted by Crippen LogP contribution is -2.62. The van der Waals surface area contributed by atoms with Crippen LogP contribution >= 0.6 is 0 Å². The summed E-state index contributed by atoms with van der Waals surface area (Å²) in [5, 5.41) is 10.8. The lowest BCUT2D eigenvalue weighted by Gasteiger charge is -2.39. The van der Waals surface area contributed by atoms with Gasteiger partial charge in [-0.3, -0.25) is 14.4 Å². The van der Waals surface area contributed by atoms with Crippen molar-refractivity contribution in [2.24, 2.45) is 28.1 Å². The van der Waals surface area contributed by atoms with E-state index in [1.54, 1.807) is 20.8 Å². The van der Waals surface area contributed by atoms with Crippen molar-refractivity contribution in [3.63, 3.8) is 0 Å². The summed E-state index contributed by atoms with van der Waals surface area (Å²) in [6, 6.07) is -4.93. The van der Waals surface area contributed by atoms with E-state index in [9.17, 15) is 36.4 Å². The summed E-state index contributed by atoms with van der Waals surface area (Å²) < 4.78 is 52.6. The molecular formula is C33H61F2N7O6S. The highest BCUT2D eigenvalue weighted by molar-refractivity contribution is 7.88. The van der Waals surface area contributed by atoms with Crippen LogP contribution < -0.4 is 21.3 Å². The average molecular weight is 722 g/mol. The Morgan fingerprint density at radius 2 is 1.53 bits per heavy atom. The van der Waals surface area contributed by atoms with Crippen molar-refractivity contribution in [3.8, 4) is 0 Å². The number of fused-ring (bicyclic) bond motifs is 1. The molecule has 0 unspecified atom stereocenters. The second-order valence-electron chi connectivity index (χ2n) is 16.3. The number of hydrogen-bond acceptors (Lipinski definition) is 7. The molecule has 1 aliphatic heterocycles. The van der Waals surface area contributed by atoms with Crippen molar-refractivity contribution in [1.29, 1.82) is 0 Å². The number of piperidine rings is 1. The van der Waals surface area contributed by atoms with Gasteiger partial charge in [-0.25, -0.2) is 26.3 Å². The number of urea groups is 1. The molecule has 284 valence electrons. The maximum atomic E-state index is 14.3. The highest BCUT2D eigenvalue weighted by atomic mass is 32.2. The van der Waals surface area contributed by atoms with Crippen LogP contribution in [0.1, 0.15) is 75.7 Å². The van der Waals surface area contributed by atoms with E-state index in [-0.39, 0.29) is 36.9 Å². The number of halogens is 2. The molecule has 0 aromatic heterocycles. The molecule has 0 aromatic carbocycles. The lowest BCUT2D eigenvalue weighted by atomic mass is 9.85. The van der Waals surface area contributed by atoms with E-state index in [0.717, 1.165) is 23.7 Å². The van der Waals surface area contributed by atoms with Gasteiger partial charge in [0, 0.05) is 45.7 Å². The van der Waals surface area contributed by atoms with E-state index >= 15 is 0 Å². The fraction of sp³-hybridized carbons (Fsp3) is 0.879. The summed E-state index contributed by atoms with van der Waals surface area (Å²) in [6.07, 6.45) is -2.66. The Kier molecular flexibility index (Phi) is 14.1. The second-order valence-corrected chi connectivity index (χ2v) is 18.4. The first kappa shape index (κ1) is 42.6. The minimum Gasteiger partial charge on any atom is -0.353 e. The number of sulfonamides is 1. The predicted molar refractivity (Wildman–Crippen MR) is 185 cm³/mol. The van der Waals surface area contributed by atoms with Crippen molar-refractivity contribution < 1.29 is 36.4 Å². The summed E-state index contributed by atoms with van der Waals surface area (Å²) in [4.78, 5) is 58.1. The number of rotatable bonds is 16. The molecule has 2 fully saturated rings. The van der Waals surface area contributed by atoms with Gasteiger partial charge in [0.05, 0.1) is 6.26 Å². The van der Waals surface area contributed by atoms with Gasteiger partial charge in [0.25, 0.3) is 0 Å². The smallest absolute Gasteiger partial charge is 0.315 e. The number of carbonyl (C=O) groups is 4. The topological polar surface area (TPSA) is 160 Å². The number of likely N-dealkylation sites (tertiary alicyclic amines) is 1. The third-order valence-corrected chi connectivity index (χ3v) is 11.5. The van der Waals surface area contributed by atoms with E-state index in [4.69, 9.17) is 0 Å². The Bertz CT molecular complexity index is 1300. The number of nitrogens with one attached hydrogen (secondary N) is 4. The first-order chi connectivity index (χ1) is 22.3. The monoisotopic (exact) mass is 721 g/mol. The fourth-order valence-corrected chi connectivity index (χ4v) is 6.97. The average Bonchev–Trinajstić information content (AvgIpc) is 3.26. The molecule has 1 aliphatic carbocycles. The molecule has 1 heterocycles. The zero-order valence-corrected chi connectivity index (χ0v) is 32.3. The third kappa shape index (κ3) is 11.2. The van der Waals surface area contributed by atoms with Crippen molar-refractivity contribution in [2.45, 2.75) is 106 Å². The largest absolute Gasteiger partial charge is 0.353 e. The van der Waals surface area contributed by atoms with Crippen molar-refractivity contribution in [2.75, 3.05) is 52.6 Å². The highest BCUT2D eigenvalue weighted by Gasteiger charge is 2.70. The van der Waals surface area contributed by atoms with Crippen molar-refractivity contribution in [3.05, 3.63) is 0 Å². The Labute approximate surface area is 292 Å². The summed E-state index contributed by atoms with van der Waals surface area (Å²) in [5.41, 5.74) is -1.66. The Morgan fingerprint density at radius 1 is 0.959 bits per heavy atom. The standard InChI is InChI=1S/C33H61F2N7O6S/c1-13-41(14-2)16-15-36-27(43)21(17-23(34)35)37-28(44)25-24-20(33(24,9)10)18-42(25)29(45)26(32(6,7)8)39-30(46)38-22(31(3,4)5)19-40(11)49(12,47)48/h20-26H,13-19H2,1-12H3,(H,36,43)(H,37,44)(H2,38,39,46)/t20-,21-,22+,24-,25-,26+/m0/s1. The summed E-state index contributed by atoms with van der Waals surface area (Å²) >= 11 is 0. The van der Waals surface area contributed by atoms with Gasteiger partial charge in [-0.2, -0.15) is 0 Å². The van der Waals surface area contributed by atoms with Crippen LogP contribution in [0.25, 0.3) is 0 Å². The van der Waals surface area contributed by atoms with Crippen LogP contribution in [-0.2, 0) is 24.4 Å². The first-order valence-corrected chi connectivity index (χ1v) is 19.0. The molecule has 49 heavy (non-hydrogen) atoms. The van der Waals surface area contributed by atoms with Crippen LogP contribution in [0.3, 0.4) is 0 Å². The Balaban J connectivity index is 2.30. The van der Waals surface area contributed by atoms with Gasteiger partial charge in [0.2, 0.25) is 34.2 Å². The van der Waals surface area contributed by atoms with Crippen LogP contribution in [0.2, 0.25) is 0 Å². The molecule has 2 aliphatic rings. The summed E-state index contributed by atoms with van der Waals surface area (Å²) in [6.45, 7) is 21.3. The van der Waals surface area contributed by atoms with E-state index < -0.39 is 81.6 Å². The third-order valence-electron chi connectivity index (χ3n) is 10.2. The summed E-state index contributed by atoms with van der Waals surface area (Å²) in [5.74, 6) is -2.22. The van der Waals surface area contributed by atoms with Crippen LogP contribution in [-0.4, -0.2) is 129 Å². The number of likely N-dealkylation sites (N-methyl/N-ethyl adjacent to an activating group) is 2. The molecule has 13 nitrogen and oxygen atoms in total. The first-order valence-electron chi connectivity index (χ1n) is 17.1. The normalized spacial score (nSPS) is 22.4. The fourth-order valence-electron chi connectivity index (χ4n) is 6.55. The number of carbonyl (C=O) groups excluding carboxylic acids is 4. The molecule has 0 bridgehead atoms. The molecule has 2 rings (SSSR count). The zero-order chi connectivity index (χ0) is 37.9. The van der Waals surface area contributed by atoms with Gasteiger partial charge in [-0.15, -0.1) is 0 Å². The van der Waals surface area contributed by atoms with E-state index in [1.807, 2.05) is 48.5 Å². The van der Waals surface area contributed by atoms with Gasteiger partial charge in [0.1, 0.15) is 18.1 Å². The SMILES string of the molecule is CCN(CC)CCNC(=O)[C@H](CC(F)F)NC(=O)[C@@H]1[C@@H]2[C@H](CN1C(=O)[C@@H](NC(=O)N[C@H](CN(C)S(C)(=O)=O)C(C)(C)C)C(C)(C)C)C2(C)C. The molecule has 16 heteroatoms. The minimum atomic E-state index is -3.53. The molecule has 0 aromatic rings. The van der Waals surface area contributed by atoms with Gasteiger partial charge in [-0.1, -0.05) is 69.2 Å². The Morgan fingerprint density at radius 3 is 2.00 bits per heavy atom. The van der Waals surface area contributed by atoms with Crippen molar-refractivity contribution in [1.82, 2.24) is 35.4 Å². The van der Waals surface area contributed by atoms with Gasteiger partial charge < -0.3 is 31.1 Å². The van der Waals surface area contributed by atoms with E-state index in [1.165, 1.54) is 11.9 Å². The predicted octanol–water partition coefficient (Wildman–Crippen LogP) is 2.09. The second kappa shape index (κ2) is 16.2. The number of nitrogens with zero attached hydrogens (tertiary/aromatic N) is 3. The molecule has 4 N–H and O–H groups in total. The maximum absolute atomic E-state index is 14.3. The zero-order valence-electron chi connectivity index (χ0n) is 31.4. The van der Waals surface area contributed by atoms with Gasteiger partial charge in [0.15, 0.2) is 0 Å². The van der Waals surface area contributed by atoms with Crippen LogP contribution in [0.4, 0.5) is 13.6 Å². The summed E-state index contributed by atoms with van der Waals surface area (Å²) in [7, 11) is -2.11. The Hall–Kier alpha value is -2.59. The number of hydrogen-bond donors (Lipinski definition) is 4. The van der Waals surface area contributed by atoms with Crippen molar-refractivity contribution >= 4 is 33.8 Å². The van der Waals surface area contributed by atoms with Crippen LogP contribution in [0.15, 0.2) is 0 Å². The molecule has 0 radical (unpaired) electrons. The highest BCUT2D eigenvalue weighted by Crippen LogP contribution is 2.65. The van der Waals surface area contributed by atoms with E-state index in [0.29, 0.717) is 6.54 Å². The number of amides is 5. The van der Waals surface area contributed by atoms with Gasteiger partial charge >= 0.3 is 6.03 Å². The van der Waals surface area contributed by atoms with E-state index in [2.05, 4.69) is 26.2 Å². The number of alkyl halides is 2. The molecule has 5 amide bonds. The molecular weight excluding hydrogens is 660 g/mol. The van der Waals surface area contributed by atoms with Gasteiger partial charge in [-0.05, 0) is 41.2 Å². The molecule has 1 saturated heterocycles. The minimum absolute atomic E-state index is 0.000474. The maximum Gasteiger partial charge on any atom is 0.315 e. The van der Waals surface area contributed by atoms with Crippen LogP contribution in [0, 0.1) is 28.1 Å². The molecule has 0 spiro atoms. The molecule has 6 atom stereocenters. The quantitative estimate of drug-likeness (QED) is 0.190. The molecule has 1 saturated carbocycles. The lowest BCUT2D eigenvalue weighted by molar-refractivity contribution is -0.144. The van der Waals surface area contributed by atoms with Crippen LogP contribution in [0.5, 0.6) is 0 Å².